The van der Waals surface area contributed by atoms with Crippen LogP contribution < -0.4 is 0 Å². The van der Waals surface area contributed by atoms with Gasteiger partial charge in [0.2, 0.25) is 0 Å². The predicted molar refractivity (Wildman–Crippen MR) is 167 cm³/mol. The maximum Gasteiger partial charge on any atom is 0.309 e. The van der Waals surface area contributed by atoms with E-state index < -0.39 is 17.9 Å². The van der Waals surface area contributed by atoms with Gasteiger partial charge >= 0.3 is 11.9 Å². The molecule has 0 aromatic carbocycles. The molecule has 4 nitrogen and oxygen atoms in total. The normalized spacial score (nSPS) is 12.1. The van der Waals surface area contributed by atoms with Crippen LogP contribution in [-0.4, -0.2) is 23.7 Å². The third-order valence-electron chi connectivity index (χ3n) is 7.66. The summed E-state index contributed by atoms with van der Waals surface area (Å²) in [4.78, 5) is 23.0. The second-order valence-electron chi connectivity index (χ2n) is 11.5. The molecule has 0 aliphatic heterocycles. The van der Waals surface area contributed by atoms with Crippen LogP contribution in [0.2, 0.25) is 0 Å². The van der Waals surface area contributed by atoms with Gasteiger partial charge in [0.1, 0.15) is 6.61 Å². The topological polar surface area (TPSA) is 63.6 Å². The largest absolute Gasteiger partial charge is 0.481 e. The van der Waals surface area contributed by atoms with E-state index in [1.165, 1.54) is 134 Å². The first kappa shape index (κ1) is 37.4. The summed E-state index contributed by atoms with van der Waals surface area (Å²) in [5.74, 6) is -1.90. The molecule has 1 atom stereocenters. The molecular formula is C35H64O4. The lowest BCUT2D eigenvalue weighted by Gasteiger charge is -2.13. The first-order valence-corrected chi connectivity index (χ1v) is 16.8. The van der Waals surface area contributed by atoms with Gasteiger partial charge in [-0.15, -0.1) is 0 Å². The summed E-state index contributed by atoms with van der Waals surface area (Å²) in [7, 11) is 0. The monoisotopic (exact) mass is 548 g/mol. The van der Waals surface area contributed by atoms with E-state index in [0.29, 0.717) is 6.42 Å². The number of rotatable bonds is 31. The van der Waals surface area contributed by atoms with Crippen molar-refractivity contribution in [3.63, 3.8) is 0 Å². The Morgan fingerprint density at radius 2 is 1.03 bits per heavy atom. The van der Waals surface area contributed by atoms with Crippen molar-refractivity contribution in [1.29, 1.82) is 0 Å². The zero-order valence-corrected chi connectivity index (χ0v) is 25.8. The molecule has 4 heteroatoms. The molecule has 0 aliphatic rings. The molecule has 0 saturated heterocycles. The van der Waals surface area contributed by atoms with Gasteiger partial charge in [-0.05, 0) is 32.1 Å². The molecule has 0 amide bonds. The quantitative estimate of drug-likeness (QED) is 0.0531. The zero-order valence-electron chi connectivity index (χ0n) is 25.8. The summed E-state index contributed by atoms with van der Waals surface area (Å²) in [5, 5.41) is 9.02. The molecule has 228 valence electrons. The summed E-state index contributed by atoms with van der Waals surface area (Å²) in [5.41, 5.74) is 0. The molecular weight excluding hydrogens is 484 g/mol. The second-order valence-corrected chi connectivity index (χ2v) is 11.5. The third-order valence-corrected chi connectivity index (χ3v) is 7.66. The Balaban J connectivity index is 3.38. The van der Waals surface area contributed by atoms with Crippen LogP contribution in [0, 0.1) is 5.92 Å². The smallest absolute Gasteiger partial charge is 0.309 e. The Bertz CT molecular complexity index is 583. The van der Waals surface area contributed by atoms with E-state index in [1.54, 1.807) is 0 Å². The summed E-state index contributed by atoms with van der Waals surface area (Å²) in [6, 6.07) is 0. The van der Waals surface area contributed by atoms with Gasteiger partial charge in [0.05, 0.1) is 12.3 Å². The highest BCUT2D eigenvalue weighted by Crippen LogP contribution is 2.18. The van der Waals surface area contributed by atoms with E-state index >= 15 is 0 Å². The van der Waals surface area contributed by atoms with Crippen LogP contribution in [-0.2, 0) is 14.3 Å². The van der Waals surface area contributed by atoms with Crippen LogP contribution in [0.4, 0.5) is 0 Å². The Kier molecular flexibility index (Phi) is 29.7. The number of carbonyl (C=O) groups excluding carboxylic acids is 1. The fourth-order valence-electron chi connectivity index (χ4n) is 5.18. The molecule has 1 N–H and O–H groups in total. The fourth-order valence-corrected chi connectivity index (χ4v) is 5.18. The van der Waals surface area contributed by atoms with Crippen molar-refractivity contribution in [2.45, 2.75) is 174 Å². The summed E-state index contributed by atoms with van der Waals surface area (Å²) >= 11 is 0. The molecule has 0 bridgehead atoms. The average Bonchev–Trinajstić information content (AvgIpc) is 2.92. The molecule has 39 heavy (non-hydrogen) atoms. The SMILES string of the molecule is C=CCOC(=O)C(CCCCCCC/C=C/CCCCCCCCCCCCCCCCCCC)CC(=O)O. The number of aliphatic carboxylic acids is 1. The van der Waals surface area contributed by atoms with E-state index in [4.69, 9.17) is 9.84 Å². The maximum atomic E-state index is 12.0. The highest BCUT2D eigenvalue weighted by molar-refractivity contribution is 5.79. The number of carbonyl (C=O) groups is 2. The van der Waals surface area contributed by atoms with Crippen LogP contribution in [0.25, 0.3) is 0 Å². The molecule has 0 saturated carbocycles. The molecule has 0 rings (SSSR count). The number of esters is 1. The Labute approximate surface area is 242 Å². The Morgan fingerprint density at radius 3 is 1.41 bits per heavy atom. The molecule has 0 aromatic rings. The van der Waals surface area contributed by atoms with Gasteiger partial charge in [0.15, 0.2) is 0 Å². The van der Waals surface area contributed by atoms with Crippen LogP contribution in [0.5, 0.6) is 0 Å². The Morgan fingerprint density at radius 1 is 0.641 bits per heavy atom. The number of unbranched alkanes of at least 4 members (excludes halogenated alkanes) is 22. The summed E-state index contributed by atoms with van der Waals surface area (Å²) < 4.78 is 5.04. The average molecular weight is 549 g/mol. The Hall–Kier alpha value is -1.58. The molecule has 0 aliphatic carbocycles. The van der Waals surface area contributed by atoms with Crippen molar-refractivity contribution in [2.24, 2.45) is 5.92 Å². The molecule has 0 fully saturated rings. The van der Waals surface area contributed by atoms with Crippen molar-refractivity contribution >= 4 is 11.9 Å². The number of allylic oxidation sites excluding steroid dienone is 2. The van der Waals surface area contributed by atoms with Crippen LogP contribution in [0.1, 0.15) is 174 Å². The fraction of sp³-hybridized carbons (Fsp3) is 0.829. The minimum Gasteiger partial charge on any atom is -0.481 e. The van der Waals surface area contributed by atoms with Gasteiger partial charge < -0.3 is 9.84 Å². The molecule has 0 spiro atoms. The zero-order chi connectivity index (χ0) is 28.7. The van der Waals surface area contributed by atoms with Gasteiger partial charge in [-0.1, -0.05) is 160 Å². The van der Waals surface area contributed by atoms with Crippen molar-refractivity contribution in [3.05, 3.63) is 24.8 Å². The lowest BCUT2D eigenvalue weighted by molar-refractivity contribution is -0.152. The second kappa shape index (κ2) is 31.0. The van der Waals surface area contributed by atoms with E-state index in [9.17, 15) is 9.59 Å². The minimum atomic E-state index is -0.947. The molecule has 0 radical (unpaired) electrons. The number of hydrogen-bond donors (Lipinski definition) is 1. The molecule has 0 aromatic heterocycles. The first-order chi connectivity index (χ1) is 19.1. The number of carboxylic acid groups (broad SMARTS) is 1. The van der Waals surface area contributed by atoms with Crippen molar-refractivity contribution in [3.8, 4) is 0 Å². The number of ether oxygens (including phenoxy) is 1. The minimum absolute atomic E-state index is 0.141. The molecule has 0 heterocycles. The summed E-state index contributed by atoms with van der Waals surface area (Å²) in [6.45, 7) is 5.95. The van der Waals surface area contributed by atoms with Crippen LogP contribution in [0.15, 0.2) is 24.8 Å². The molecule has 1 unspecified atom stereocenters. The van der Waals surface area contributed by atoms with Crippen molar-refractivity contribution in [2.75, 3.05) is 6.61 Å². The number of carboxylic acids is 1. The van der Waals surface area contributed by atoms with E-state index in [-0.39, 0.29) is 13.0 Å². The highest BCUT2D eigenvalue weighted by atomic mass is 16.5. The van der Waals surface area contributed by atoms with Gasteiger partial charge in [0, 0.05) is 0 Å². The van der Waals surface area contributed by atoms with Crippen molar-refractivity contribution < 1.29 is 19.4 Å². The first-order valence-electron chi connectivity index (χ1n) is 16.8. The van der Waals surface area contributed by atoms with Crippen LogP contribution >= 0.6 is 0 Å². The lowest BCUT2D eigenvalue weighted by Crippen LogP contribution is -2.21. The van der Waals surface area contributed by atoms with Gasteiger partial charge in [-0.2, -0.15) is 0 Å². The highest BCUT2D eigenvalue weighted by Gasteiger charge is 2.22. The van der Waals surface area contributed by atoms with Crippen molar-refractivity contribution in [1.82, 2.24) is 0 Å². The van der Waals surface area contributed by atoms with E-state index in [0.717, 1.165) is 25.7 Å². The van der Waals surface area contributed by atoms with Gasteiger partial charge in [-0.25, -0.2) is 0 Å². The lowest BCUT2D eigenvalue weighted by atomic mass is 9.97. The third kappa shape index (κ3) is 29.2. The predicted octanol–water partition coefficient (Wildman–Crippen LogP) is 11.1. The summed E-state index contributed by atoms with van der Waals surface area (Å²) in [6.07, 6.45) is 38.6. The number of hydrogen-bond acceptors (Lipinski definition) is 3. The maximum absolute atomic E-state index is 12.0. The standard InChI is InChI=1S/C35H64O4/c1-3-5-6-7-8-9-10-11-12-13-14-15-16-17-18-19-20-21-22-23-24-25-26-27-28-29-30-33(32-34(36)37)35(38)39-31-4-2/h4,22-23,33H,2-3,5-21,24-32H2,1H3,(H,36,37)/b23-22+. The van der Waals surface area contributed by atoms with Crippen LogP contribution in [0.3, 0.4) is 0 Å². The van der Waals surface area contributed by atoms with Gasteiger partial charge in [0.25, 0.3) is 0 Å². The van der Waals surface area contributed by atoms with E-state index in [1.807, 2.05) is 0 Å². The van der Waals surface area contributed by atoms with Gasteiger partial charge in [-0.3, -0.25) is 9.59 Å². The van der Waals surface area contributed by atoms with E-state index in [2.05, 4.69) is 25.7 Å².